The lowest BCUT2D eigenvalue weighted by Gasteiger charge is -2.49. The molecule has 0 heterocycles. The van der Waals surface area contributed by atoms with Crippen LogP contribution in [0, 0.1) is 23.7 Å². The molecule has 4 rings (SSSR count). The minimum Gasteiger partial charge on any atom is -0.0683 e. The van der Waals surface area contributed by atoms with E-state index < -0.39 is 0 Å². The molecule has 0 heteroatoms. The summed E-state index contributed by atoms with van der Waals surface area (Å²) in [6.07, 6.45) is 12.3. The van der Waals surface area contributed by atoms with Gasteiger partial charge in [-0.1, -0.05) is 54.4 Å². The monoisotopic (exact) mass is 254 g/mol. The molecule has 0 aromatic carbocycles. The van der Waals surface area contributed by atoms with Crippen LogP contribution in [0.2, 0.25) is 0 Å². The molecule has 4 aliphatic carbocycles. The van der Waals surface area contributed by atoms with Crippen LogP contribution in [0.1, 0.15) is 92.9 Å². The Morgan fingerprint density at radius 1 is 0.500 bits per heavy atom. The molecule has 4 bridgehead atoms. The number of hydrogen-bond donors (Lipinski definition) is 0. The van der Waals surface area contributed by atoms with Crippen molar-refractivity contribution >= 4 is 0 Å². The van der Waals surface area contributed by atoms with Crippen LogP contribution in [0.3, 0.4) is 0 Å². The molecule has 0 aliphatic heterocycles. The van der Waals surface area contributed by atoms with Crippen LogP contribution < -0.4 is 0 Å². The minimum absolute atomic E-state index is 1.18. The van der Waals surface area contributed by atoms with Gasteiger partial charge in [-0.15, -0.1) is 0 Å². The van der Waals surface area contributed by atoms with Crippen molar-refractivity contribution in [2.24, 2.45) is 23.7 Å². The fourth-order valence-corrected chi connectivity index (χ4v) is 3.98. The van der Waals surface area contributed by atoms with Crippen LogP contribution in [0.25, 0.3) is 0 Å². The fraction of sp³-hybridized carbons (Fsp3) is 1.00. The van der Waals surface area contributed by atoms with E-state index in [0.717, 1.165) is 0 Å². The molecule has 0 unspecified atom stereocenters. The molecule has 0 nitrogen and oxygen atoms in total. The molecule has 0 aromatic rings. The summed E-state index contributed by atoms with van der Waals surface area (Å²) in [4.78, 5) is 0. The van der Waals surface area contributed by atoms with E-state index in [9.17, 15) is 0 Å². The zero-order valence-corrected chi connectivity index (χ0v) is 14.0. The molecule has 4 saturated carbocycles. The van der Waals surface area contributed by atoms with E-state index in [1.54, 1.807) is 38.5 Å². The van der Waals surface area contributed by atoms with Crippen molar-refractivity contribution in [3.63, 3.8) is 0 Å². The topological polar surface area (TPSA) is 0 Å². The van der Waals surface area contributed by atoms with Crippen molar-refractivity contribution in [1.82, 2.24) is 0 Å². The predicted molar refractivity (Wildman–Crippen MR) is 84.9 cm³/mol. The van der Waals surface area contributed by atoms with E-state index >= 15 is 0 Å². The smallest absolute Gasteiger partial charge is 0.0406 e. The van der Waals surface area contributed by atoms with Gasteiger partial charge in [0.15, 0.2) is 0 Å². The maximum atomic E-state index is 2.18. The molecule has 18 heavy (non-hydrogen) atoms. The van der Waals surface area contributed by atoms with E-state index in [0.29, 0.717) is 0 Å². The van der Waals surface area contributed by atoms with E-state index in [4.69, 9.17) is 0 Å². The second kappa shape index (κ2) is 10.9. The van der Waals surface area contributed by atoms with Crippen LogP contribution >= 0.6 is 0 Å². The molecule has 0 aromatic heterocycles. The van der Waals surface area contributed by atoms with Gasteiger partial charge in [0, 0.05) is 0 Å². The molecular weight excluding hydrogens is 216 g/mol. The molecule has 4 fully saturated rings. The van der Waals surface area contributed by atoms with Gasteiger partial charge in [0.25, 0.3) is 0 Å². The SMILES string of the molecule is C1C2CC3CC1CC(C2)C3.CC.CC.CCCC. The second-order valence-electron chi connectivity index (χ2n) is 5.88. The quantitative estimate of drug-likeness (QED) is 0.489. The first-order valence-electron chi connectivity index (χ1n) is 8.81. The summed E-state index contributed by atoms with van der Waals surface area (Å²) < 4.78 is 0. The third kappa shape index (κ3) is 5.76. The minimum atomic E-state index is 1.18. The van der Waals surface area contributed by atoms with Crippen molar-refractivity contribution in [2.45, 2.75) is 92.9 Å². The Labute approximate surface area is 117 Å². The van der Waals surface area contributed by atoms with Gasteiger partial charge in [0.05, 0.1) is 0 Å². The van der Waals surface area contributed by atoms with Crippen molar-refractivity contribution in [1.29, 1.82) is 0 Å². The van der Waals surface area contributed by atoms with Crippen LogP contribution in [0.4, 0.5) is 0 Å². The normalized spacial score (nSPS) is 34.3. The molecule has 0 N–H and O–H groups in total. The van der Waals surface area contributed by atoms with Gasteiger partial charge in [0.1, 0.15) is 0 Å². The first-order valence-corrected chi connectivity index (χ1v) is 8.81. The van der Waals surface area contributed by atoms with E-state index in [1.165, 1.54) is 36.5 Å². The number of rotatable bonds is 1. The highest BCUT2D eigenvalue weighted by Gasteiger charge is 2.41. The summed E-state index contributed by atoms with van der Waals surface area (Å²) in [7, 11) is 0. The standard InChI is InChI=1S/C10H16.C4H10.2C2H6/c1-7-2-9-4-8(1)5-10(3-7)6-9;1-3-4-2;2*1-2/h7-10H,1-6H2;3-4H2,1-2H3;2*1-2H3. The first-order chi connectivity index (χ1) is 8.81. The van der Waals surface area contributed by atoms with Crippen LogP contribution in [-0.2, 0) is 0 Å². The lowest BCUT2D eigenvalue weighted by Crippen LogP contribution is -2.38. The average molecular weight is 255 g/mol. The van der Waals surface area contributed by atoms with Crippen molar-refractivity contribution in [3.8, 4) is 0 Å². The highest BCUT2D eigenvalue weighted by atomic mass is 14.5. The Morgan fingerprint density at radius 2 is 0.667 bits per heavy atom. The Balaban J connectivity index is 0.000000313. The maximum absolute atomic E-state index is 2.18. The van der Waals surface area contributed by atoms with Gasteiger partial charge in [-0.2, -0.15) is 0 Å². The van der Waals surface area contributed by atoms with Crippen molar-refractivity contribution in [2.75, 3.05) is 0 Å². The summed E-state index contributed by atoms with van der Waals surface area (Å²) in [5.41, 5.74) is 0. The summed E-state index contributed by atoms with van der Waals surface area (Å²) in [6.45, 7) is 12.4. The van der Waals surface area contributed by atoms with Crippen LogP contribution in [-0.4, -0.2) is 0 Å². The summed E-state index contributed by atoms with van der Waals surface area (Å²) in [5, 5.41) is 0. The summed E-state index contributed by atoms with van der Waals surface area (Å²) >= 11 is 0. The second-order valence-corrected chi connectivity index (χ2v) is 5.88. The highest BCUT2D eigenvalue weighted by Crippen LogP contribution is 2.53. The lowest BCUT2D eigenvalue weighted by atomic mass is 9.56. The van der Waals surface area contributed by atoms with Gasteiger partial charge in [-0.05, 0) is 62.2 Å². The highest BCUT2D eigenvalue weighted by molar-refractivity contribution is 4.92. The zero-order chi connectivity index (χ0) is 14.0. The molecular formula is C18H38. The maximum Gasteiger partial charge on any atom is -0.0406 e. The Morgan fingerprint density at radius 3 is 0.778 bits per heavy atom. The Kier molecular flexibility index (Phi) is 10.9. The Bertz CT molecular complexity index is 112. The summed E-state index contributed by atoms with van der Waals surface area (Å²) in [6, 6.07) is 0. The predicted octanol–water partition coefficient (Wildman–Crippen LogP) is 6.69. The molecule has 0 saturated heterocycles. The molecule has 0 radical (unpaired) electrons. The third-order valence-electron chi connectivity index (χ3n) is 4.50. The van der Waals surface area contributed by atoms with E-state index in [-0.39, 0.29) is 0 Å². The van der Waals surface area contributed by atoms with Gasteiger partial charge in [0.2, 0.25) is 0 Å². The van der Waals surface area contributed by atoms with Crippen LogP contribution in [0.15, 0.2) is 0 Å². The number of hydrogen-bond acceptors (Lipinski definition) is 0. The van der Waals surface area contributed by atoms with Crippen LogP contribution in [0.5, 0.6) is 0 Å². The molecule has 110 valence electrons. The van der Waals surface area contributed by atoms with Gasteiger partial charge >= 0.3 is 0 Å². The largest absolute Gasteiger partial charge is 0.0683 e. The fourth-order valence-electron chi connectivity index (χ4n) is 3.98. The molecule has 0 amide bonds. The first kappa shape index (κ1) is 18.0. The van der Waals surface area contributed by atoms with E-state index in [2.05, 4.69) is 13.8 Å². The van der Waals surface area contributed by atoms with Gasteiger partial charge in [-0.25, -0.2) is 0 Å². The summed E-state index contributed by atoms with van der Waals surface area (Å²) in [5.74, 6) is 4.71. The number of unbranched alkanes of at least 4 members (excludes halogenated alkanes) is 1. The van der Waals surface area contributed by atoms with Gasteiger partial charge in [-0.3, -0.25) is 0 Å². The molecule has 0 spiro atoms. The molecule has 4 aliphatic rings. The average Bonchev–Trinajstić information content (AvgIpc) is 2.42. The molecule has 0 atom stereocenters. The third-order valence-corrected chi connectivity index (χ3v) is 4.50. The van der Waals surface area contributed by atoms with E-state index in [1.807, 2.05) is 27.7 Å². The van der Waals surface area contributed by atoms with Gasteiger partial charge < -0.3 is 0 Å². The van der Waals surface area contributed by atoms with Crippen molar-refractivity contribution in [3.05, 3.63) is 0 Å². The lowest BCUT2D eigenvalue weighted by molar-refractivity contribution is 0.0198. The zero-order valence-electron chi connectivity index (χ0n) is 14.0. The Hall–Kier alpha value is 0. The van der Waals surface area contributed by atoms with Crippen molar-refractivity contribution < 1.29 is 0 Å².